The number of pyridine rings is 1. The van der Waals surface area contributed by atoms with Crippen molar-refractivity contribution >= 4 is 23.1 Å². The Kier molecular flexibility index (Phi) is 3.14. The summed E-state index contributed by atoms with van der Waals surface area (Å²) in [6.45, 7) is 1.76. The average Bonchev–Trinajstić information content (AvgIpc) is 2.35. The molecule has 0 aliphatic carbocycles. The molecule has 17 heavy (non-hydrogen) atoms. The van der Waals surface area contributed by atoms with Gasteiger partial charge in [-0.1, -0.05) is 18.2 Å². The normalized spacial score (nSPS) is 10.2. The molecule has 1 aromatic carbocycles. The largest absolute Gasteiger partial charge is 0.352 e. The number of carbonyl (C=O) groups excluding carboxylic acids is 2. The molecule has 0 atom stereocenters. The number of aromatic nitrogens is 1. The van der Waals surface area contributed by atoms with Crippen LogP contribution >= 0.6 is 0 Å². The first-order valence-corrected chi connectivity index (χ1v) is 5.29. The molecular formula is C13H12N2O2. The Morgan fingerprint density at radius 3 is 2.88 bits per heavy atom. The minimum atomic E-state index is -0.130. The number of carbonyl (C=O) groups is 2. The van der Waals surface area contributed by atoms with E-state index in [-0.39, 0.29) is 5.91 Å². The lowest BCUT2D eigenvalue weighted by molar-refractivity contribution is -0.119. The van der Waals surface area contributed by atoms with Gasteiger partial charge in [-0.15, -0.1) is 0 Å². The maximum Gasteiger partial charge on any atom is 0.217 e. The summed E-state index contributed by atoms with van der Waals surface area (Å²) in [5.74, 6) is -0.130. The summed E-state index contributed by atoms with van der Waals surface area (Å²) in [6.07, 6.45) is 0.712. The zero-order chi connectivity index (χ0) is 12.3. The lowest BCUT2D eigenvalue weighted by Crippen LogP contribution is -2.20. The first kappa shape index (κ1) is 11.3. The third kappa shape index (κ3) is 2.47. The Morgan fingerprint density at radius 1 is 1.41 bits per heavy atom. The van der Waals surface area contributed by atoms with E-state index >= 15 is 0 Å². The number of rotatable bonds is 3. The number of amides is 1. The third-order valence-electron chi connectivity index (χ3n) is 2.48. The second-order valence-corrected chi connectivity index (χ2v) is 3.75. The highest BCUT2D eigenvalue weighted by atomic mass is 16.1. The molecule has 2 aromatic rings. The first-order chi connectivity index (χ1) is 8.20. The molecule has 0 fully saturated rings. The van der Waals surface area contributed by atoms with Crippen molar-refractivity contribution in [2.45, 2.75) is 13.5 Å². The van der Waals surface area contributed by atoms with E-state index in [4.69, 9.17) is 0 Å². The second-order valence-electron chi connectivity index (χ2n) is 3.75. The fraction of sp³-hybridized carbons (Fsp3) is 0.154. The zero-order valence-corrected chi connectivity index (χ0v) is 9.43. The molecule has 4 nitrogen and oxygen atoms in total. The molecule has 86 valence electrons. The summed E-state index contributed by atoms with van der Waals surface area (Å²) >= 11 is 0. The smallest absolute Gasteiger partial charge is 0.217 e. The van der Waals surface area contributed by atoms with E-state index in [9.17, 15) is 9.59 Å². The quantitative estimate of drug-likeness (QED) is 0.813. The lowest BCUT2D eigenvalue weighted by Gasteiger charge is -2.07. The predicted molar refractivity (Wildman–Crippen MR) is 64.7 cm³/mol. The highest BCUT2D eigenvalue weighted by Crippen LogP contribution is 2.15. The van der Waals surface area contributed by atoms with E-state index < -0.39 is 0 Å². The molecule has 0 saturated carbocycles. The van der Waals surface area contributed by atoms with Crippen LogP contribution in [0.3, 0.4) is 0 Å². The van der Waals surface area contributed by atoms with Gasteiger partial charge in [0.25, 0.3) is 0 Å². The molecule has 2 rings (SSSR count). The molecular weight excluding hydrogens is 216 g/mol. The first-order valence-electron chi connectivity index (χ1n) is 5.29. The van der Waals surface area contributed by atoms with Crippen molar-refractivity contribution in [2.24, 2.45) is 0 Å². The van der Waals surface area contributed by atoms with Crippen molar-refractivity contribution < 1.29 is 9.59 Å². The number of fused-ring (bicyclic) bond motifs is 1. The number of nitrogens with one attached hydrogen (secondary N) is 1. The molecule has 0 bridgehead atoms. The van der Waals surface area contributed by atoms with E-state index in [1.807, 2.05) is 30.3 Å². The van der Waals surface area contributed by atoms with Gasteiger partial charge < -0.3 is 5.32 Å². The van der Waals surface area contributed by atoms with Gasteiger partial charge in [-0.2, -0.15) is 0 Å². The number of para-hydroxylation sites is 1. The van der Waals surface area contributed by atoms with Gasteiger partial charge in [0.05, 0.1) is 5.52 Å². The van der Waals surface area contributed by atoms with Crippen molar-refractivity contribution in [1.29, 1.82) is 0 Å². The number of benzene rings is 1. The van der Waals surface area contributed by atoms with Crippen LogP contribution in [0.4, 0.5) is 0 Å². The summed E-state index contributed by atoms with van der Waals surface area (Å²) in [5.41, 5.74) is 1.88. The highest BCUT2D eigenvalue weighted by molar-refractivity contribution is 5.85. The maximum atomic E-state index is 10.9. The predicted octanol–water partition coefficient (Wildman–Crippen LogP) is 1.68. The monoisotopic (exact) mass is 228 g/mol. The molecule has 1 heterocycles. The van der Waals surface area contributed by atoms with E-state index in [0.717, 1.165) is 16.5 Å². The summed E-state index contributed by atoms with van der Waals surface area (Å²) in [6, 6.07) is 9.44. The SMILES string of the molecule is CC(=O)NCc1cc2ccccc2nc1C=O. The standard InChI is InChI=1S/C13H12N2O2/c1-9(17)14-7-11-6-10-4-2-3-5-12(10)15-13(11)8-16/h2-6,8H,7H2,1H3,(H,14,17). The molecule has 1 N–H and O–H groups in total. The molecule has 0 radical (unpaired) electrons. The molecule has 4 heteroatoms. The summed E-state index contributed by atoms with van der Waals surface area (Å²) in [5, 5.41) is 3.62. The van der Waals surface area contributed by atoms with Gasteiger partial charge >= 0.3 is 0 Å². The Bertz CT molecular complexity index is 579. The minimum absolute atomic E-state index is 0.130. The Labute approximate surface area is 98.7 Å². The summed E-state index contributed by atoms with van der Waals surface area (Å²) in [7, 11) is 0. The van der Waals surface area contributed by atoms with Crippen LogP contribution in [0.15, 0.2) is 30.3 Å². The molecule has 1 aromatic heterocycles. The van der Waals surface area contributed by atoms with Gasteiger partial charge in [0.2, 0.25) is 5.91 Å². The van der Waals surface area contributed by atoms with Crippen LogP contribution in [0.2, 0.25) is 0 Å². The zero-order valence-electron chi connectivity index (χ0n) is 9.43. The molecule has 0 aliphatic rings. The van der Waals surface area contributed by atoms with Crippen LogP contribution in [0, 0.1) is 0 Å². The summed E-state index contributed by atoms with van der Waals surface area (Å²) < 4.78 is 0. The lowest BCUT2D eigenvalue weighted by atomic mass is 10.1. The summed E-state index contributed by atoms with van der Waals surface area (Å²) in [4.78, 5) is 26.1. The van der Waals surface area contributed by atoms with Crippen LogP contribution < -0.4 is 5.32 Å². The van der Waals surface area contributed by atoms with Crippen LogP contribution in [0.1, 0.15) is 23.0 Å². The van der Waals surface area contributed by atoms with E-state index in [1.165, 1.54) is 6.92 Å². The van der Waals surface area contributed by atoms with Crippen LogP contribution in [-0.2, 0) is 11.3 Å². The van der Waals surface area contributed by atoms with Crippen LogP contribution in [0.25, 0.3) is 10.9 Å². The van der Waals surface area contributed by atoms with Gasteiger partial charge in [-0.05, 0) is 12.1 Å². The van der Waals surface area contributed by atoms with Crippen LogP contribution in [0.5, 0.6) is 0 Å². The van der Waals surface area contributed by atoms with Gasteiger partial charge in [-0.3, -0.25) is 9.59 Å². The molecule has 0 saturated heterocycles. The fourth-order valence-electron chi connectivity index (χ4n) is 1.64. The molecule has 0 aliphatic heterocycles. The van der Waals surface area contributed by atoms with E-state index in [1.54, 1.807) is 0 Å². The van der Waals surface area contributed by atoms with Crippen LogP contribution in [-0.4, -0.2) is 17.2 Å². The number of hydrogen-bond donors (Lipinski definition) is 1. The van der Waals surface area contributed by atoms with Crippen molar-refractivity contribution in [3.8, 4) is 0 Å². The number of nitrogens with zero attached hydrogens (tertiary/aromatic N) is 1. The van der Waals surface area contributed by atoms with Crippen molar-refractivity contribution in [3.05, 3.63) is 41.6 Å². The fourth-order valence-corrected chi connectivity index (χ4v) is 1.64. The Balaban J connectivity index is 2.45. The van der Waals surface area contributed by atoms with Gasteiger partial charge in [0, 0.05) is 24.4 Å². The van der Waals surface area contributed by atoms with E-state index in [2.05, 4.69) is 10.3 Å². The van der Waals surface area contributed by atoms with Crippen molar-refractivity contribution in [3.63, 3.8) is 0 Å². The number of aldehydes is 1. The van der Waals surface area contributed by atoms with Gasteiger partial charge in [0.15, 0.2) is 6.29 Å². The highest BCUT2D eigenvalue weighted by Gasteiger charge is 2.06. The minimum Gasteiger partial charge on any atom is -0.352 e. The molecule has 0 spiro atoms. The maximum absolute atomic E-state index is 10.9. The number of hydrogen-bond acceptors (Lipinski definition) is 3. The van der Waals surface area contributed by atoms with Gasteiger partial charge in [0.1, 0.15) is 5.69 Å². The van der Waals surface area contributed by atoms with Crippen molar-refractivity contribution in [2.75, 3.05) is 0 Å². The van der Waals surface area contributed by atoms with Crippen molar-refractivity contribution in [1.82, 2.24) is 10.3 Å². The Hall–Kier alpha value is -2.23. The third-order valence-corrected chi connectivity index (χ3v) is 2.48. The Morgan fingerprint density at radius 2 is 2.18 bits per heavy atom. The molecule has 1 amide bonds. The molecule has 0 unspecified atom stereocenters. The average molecular weight is 228 g/mol. The van der Waals surface area contributed by atoms with Gasteiger partial charge in [-0.25, -0.2) is 4.98 Å². The second kappa shape index (κ2) is 4.74. The van der Waals surface area contributed by atoms with E-state index in [0.29, 0.717) is 18.5 Å². The topological polar surface area (TPSA) is 59.1 Å².